The van der Waals surface area contributed by atoms with Crippen LogP contribution in [0, 0.1) is 12.8 Å². The molecular weight excluding hydrogens is 238 g/mol. The van der Waals surface area contributed by atoms with Crippen LogP contribution in [0.2, 0.25) is 0 Å². The van der Waals surface area contributed by atoms with Gasteiger partial charge in [0.25, 0.3) is 0 Å². The number of hydrogen-bond donors (Lipinski definition) is 1. The number of hydrogen-bond acceptors (Lipinski definition) is 2. The average Bonchev–Trinajstić information content (AvgIpc) is 2.40. The molecule has 0 saturated heterocycles. The van der Waals surface area contributed by atoms with Crippen LogP contribution in [0.15, 0.2) is 18.2 Å². The minimum absolute atomic E-state index is 0.0881. The molecule has 1 aromatic rings. The van der Waals surface area contributed by atoms with Crippen LogP contribution in [0.5, 0.6) is 5.75 Å². The van der Waals surface area contributed by atoms with E-state index in [0.717, 1.165) is 36.9 Å². The molecule has 0 saturated carbocycles. The van der Waals surface area contributed by atoms with E-state index < -0.39 is 0 Å². The number of carbonyl (C=O) groups excluding carboxylic acids is 1. The monoisotopic (exact) mass is 263 g/mol. The lowest BCUT2D eigenvalue weighted by Gasteiger charge is -2.16. The van der Waals surface area contributed by atoms with Crippen molar-refractivity contribution in [1.29, 1.82) is 0 Å². The van der Waals surface area contributed by atoms with Gasteiger partial charge in [0.05, 0.1) is 12.8 Å². The first-order chi connectivity index (χ1) is 9.12. The second-order valence-corrected chi connectivity index (χ2v) is 4.94. The van der Waals surface area contributed by atoms with Gasteiger partial charge in [0.2, 0.25) is 5.91 Å². The molecule has 0 aromatic heterocycles. The summed E-state index contributed by atoms with van der Waals surface area (Å²) in [4.78, 5) is 12.3. The van der Waals surface area contributed by atoms with Gasteiger partial charge in [-0.15, -0.1) is 0 Å². The Morgan fingerprint density at radius 2 is 2.11 bits per heavy atom. The lowest BCUT2D eigenvalue weighted by molar-refractivity contribution is -0.120. The van der Waals surface area contributed by atoms with Crippen molar-refractivity contribution < 1.29 is 9.53 Å². The van der Waals surface area contributed by atoms with Gasteiger partial charge in [0.1, 0.15) is 5.75 Å². The zero-order valence-corrected chi connectivity index (χ0v) is 12.5. The molecule has 0 bridgehead atoms. The minimum atomic E-state index is 0.0881. The van der Waals surface area contributed by atoms with Gasteiger partial charge in [0, 0.05) is 5.92 Å². The Bertz CT molecular complexity index is 415. The molecule has 0 fully saturated rings. The highest BCUT2D eigenvalue weighted by Crippen LogP contribution is 2.26. The van der Waals surface area contributed by atoms with E-state index in [-0.39, 0.29) is 11.8 Å². The standard InChI is InChI=1S/C16H25NO2/c1-5-7-8-13(6-2)16(18)17-14-11-12(3)9-10-15(14)19-4/h9-11,13H,5-8H2,1-4H3,(H,17,18)/t13-/m0/s1. The summed E-state index contributed by atoms with van der Waals surface area (Å²) in [5, 5.41) is 3.00. The van der Waals surface area contributed by atoms with Crippen LogP contribution in [0.4, 0.5) is 5.69 Å². The first-order valence-electron chi connectivity index (χ1n) is 7.07. The quantitative estimate of drug-likeness (QED) is 0.802. The number of ether oxygens (including phenoxy) is 1. The Balaban J connectivity index is 2.77. The molecular formula is C16H25NO2. The molecule has 3 heteroatoms. The topological polar surface area (TPSA) is 38.3 Å². The predicted molar refractivity (Wildman–Crippen MR) is 79.7 cm³/mol. The fraction of sp³-hybridized carbons (Fsp3) is 0.562. The molecule has 1 rings (SSSR count). The van der Waals surface area contributed by atoms with Gasteiger partial charge in [-0.3, -0.25) is 4.79 Å². The number of rotatable bonds is 7. The van der Waals surface area contributed by atoms with Crippen molar-refractivity contribution in [3.05, 3.63) is 23.8 Å². The SMILES string of the molecule is CCCC[C@H](CC)C(=O)Nc1cc(C)ccc1OC. The van der Waals surface area contributed by atoms with E-state index in [9.17, 15) is 4.79 Å². The van der Waals surface area contributed by atoms with Gasteiger partial charge < -0.3 is 10.1 Å². The van der Waals surface area contributed by atoms with E-state index in [1.54, 1.807) is 7.11 Å². The molecule has 1 aromatic carbocycles. The average molecular weight is 263 g/mol. The van der Waals surface area contributed by atoms with Crippen molar-refractivity contribution in [2.24, 2.45) is 5.92 Å². The Kier molecular flexibility index (Phi) is 6.40. The van der Waals surface area contributed by atoms with Crippen molar-refractivity contribution in [2.75, 3.05) is 12.4 Å². The molecule has 106 valence electrons. The second kappa shape index (κ2) is 7.82. The van der Waals surface area contributed by atoms with E-state index in [4.69, 9.17) is 4.74 Å². The molecule has 1 amide bonds. The summed E-state index contributed by atoms with van der Waals surface area (Å²) in [6, 6.07) is 5.81. The van der Waals surface area contributed by atoms with Gasteiger partial charge in [-0.2, -0.15) is 0 Å². The van der Waals surface area contributed by atoms with Crippen LogP contribution < -0.4 is 10.1 Å². The zero-order chi connectivity index (χ0) is 14.3. The molecule has 3 nitrogen and oxygen atoms in total. The highest BCUT2D eigenvalue weighted by atomic mass is 16.5. The first-order valence-corrected chi connectivity index (χ1v) is 7.07. The third-order valence-electron chi connectivity index (χ3n) is 3.38. The van der Waals surface area contributed by atoms with Gasteiger partial charge in [-0.1, -0.05) is 32.8 Å². The van der Waals surface area contributed by atoms with Gasteiger partial charge in [-0.25, -0.2) is 0 Å². The molecule has 1 atom stereocenters. The van der Waals surface area contributed by atoms with E-state index in [1.165, 1.54) is 0 Å². The normalized spacial score (nSPS) is 12.0. The van der Waals surface area contributed by atoms with Gasteiger partial charge in [0.15, 0.2) is 0 Å². The summed E-state index contributed by atoms with van der Waals surface area (Å²) >= 11 is 0. The van der Waals surface area contributed by atoms with Crippen molar-refractivity contribution in [2.45, 2.75) is 46.5 Å². The fourth-order valence-corrected chi connectivity index (χ4v) is 2.13. The van der Waals surface area contributed by atoms with Gasteiger partial charge in [-0.05, 0) is 37.5 Å². The lowest BCUT2D eigenvalue weighted by Crippen LogP contribution is -2.22. The lowest BCUT2D eigenvalue weighted by atomic mass is 9.98. The van der Waals surface area contributed by atoms with Crippen LogP contribution in [0.3, 0.4) is 0 Å². The van der Waals surface area contributed by atoms with Crippen molar-refractivity contribution in [3.63, 3.8) is 0 Å². The number of methoxy groups -OCH3 is 1. The zero-order valence-electron chi connectivity index (χ0n) is 12.5. The van der Waals surface area contributed by atoms with Crippen LogP contribution in [0.25, 0.3) is 0 Å². The number of unbranched alkanes of at least 4 members (excludes halogenated alkanes) is 1. The van der Waals surface area contributed by atoms with E-state index in [1.807, 2.05) is 25.1 Å². The number of nitrogens with one attached hydrogen (secondary N) is 1. The van der Waals surface area contributed by atoms with Crippen LogP contribution in [-0.2, 0) is 4.79 Å². The van der Waals surface area contributed by atoms with Crippen LogP contribution >= 0.6 is 0 Å². The first kappa shape index (κ1) is 15.5. The molecule has 0 aliphatic carbocycles. The number of carbonyl (C=O) groups is 1. The molecule has 19 heavy (non-hydrogen) atoms. The maximum atomic E-state index is 12.3. The Morgan fingerprint density at radius 3 is 2.68 bits per heavy atom. The number of anilines is 1. The number of benzene rings is 1. The van der Waals surface area contributed by atoms with Crippen molar-refractivity contribution >= 4 is 11.6 Å². The Hall–Kier alpha value is -1.51. The van der Waals surface area contributed by atoms with Crippen molar-refractivity contribution in [3.8, 4) is 5.75 Å². The Labute approximate surface area is 116 Å². The highest BCUT2D eigenvalue weighted by Gasteiger charge is 2.17. The van der Waals surface area contributed by atoms with Crippen LogP contribution in [-0.4, -0.2) is 13.0 Å². The van der Waals surface area contributed by atoms with E-state index >= 15 is 0 Å². The largest absolute Gasteiger partial charge is 0.495 e. The summed E-state index contributed by atoms with van der Waals surface area (Å²) < 4.78 is 5.28. The smallest absolute Gasteiger partial charge is 0.227 e. The van der Waals surface area contributed by atoms with Gasteiger partial charge >= 0.3 is 0 Å². The molecule has 1 N–H and O–H groups in total. The van der Waals surface area contributed by atoms with E-state index in [2.05, 4.69) is 19.2 Å². The second-order valence-electron chi connectivity index (χ2n) is 4.94. The summed E-state index contributed by atoms with van der Waals surface area (Å²) in [5.74, 6) is 0.898. The highest BCUT2D eigenvalue weighted by molar-refractivity contribution is 5.94. The summed E-state index contributed by atoms with van der Waals surface area (Å²) in [6.07, 6.45) is 4.04. The maximum Gasteiger partial charge on any atom is 0.227 e. The number of amides is 1. The molecule has 0 aliphatic heterocycles. The van der Waals surface area contributed by atoms with Crippen molar-refractivity contribution in [1.82, 2.24) is 0 Å². The van der Waals surface area contributed by atoms with Crippen LogP contribution in [0.1, 0.15) is 45.1 Å². The minimum Gasteiger partial charge on any atom is -0.495 e. The fourth-order valence-electron chi connectivity index (χ4n) is 2.13. The molecule has 0 aliphatic rings. The third-order valence-corrected chi connectivity index (χ3v) is 3.38. The Morgan fingerprint density at radius 1 is 1.37 bits per heavy atom. The molecule has 0 spiro atoms. The summed E-state index contributed by atoms with van der Waals surface area (Å²) in [5.41, 5.74) is 1.88. The predicted octanol–water partition coefficient (Wildman–Crippen LogP) is 4.16. The summed E-state index contributed by atoms with van der Waals surface area (Å²) in [7, 11) is 1.62. The molecule has 0 heterocycles. The molecule has 0 unspecified atom stereocenters. The molecule has 0 radical (unpaired) electrons. The third kappa shape index (κ3) is 4.58. The van der Waals surface area contributed by atoms with E-state index in [0.29, 0.717) is 5.75 Å². The number of aryl methyl sites for hydroxylation is 1. The summed E-state index contributed by atoms with van der Waals surface area (Å²) in [6.45, 7) is 6.21. The maximum absolute atomic E-state index is 12.3.